The molecule has 3 unspecified atom stereocenters. The summed E-state index contributed by atoms with van der Waals surface area (Å²) >= 11 is 8.51. The second-order valence-corrected chi connectivity index (χ2v) is 11.1. The minimum absolute atomic E-state index is 0.110. The number of methoxy groups -OCH3 is 1. The summed E-state index contributed by atoms with van der Waals surface area (Å²) in [6.07, 6.45) is 6.00. The fraction of sp³-hybridized carbons (Fsp3) is 0.600. The summed E-state index contributed by atoms with van der Waals surface area (Å²) in [5.41, 5.74) is 1.43. The van der Waals surface area contributed by atoms with Crippen molar-refractivity contribution in [2.24, 2.45) is 11.8 Å². The number of nitrogens with zero attached hydrogens (tertiary/aromatic N) is 2. The zero-order chi connectivity index (χ0) is 23.4. The fourth-order valence-corrected chi connectivity index (χ4v) is 6.37. The second-order valence-electron chi connectivity index (χ2n) is 9.27. The van der Waals surface area contributed by atoms with Gasteiger partial charge < -0.3 is 19.8 Å². The molecule has 0 bridgehead atoms. The second kappa shape index (κ2) is 11.3. The lowest BCUT2D eigenvalue weighted by Crippen LogP contribution is -2.42. The summed E-state index contributed by atoms with van der Waals surface area (Å²) in [7, 11) is 1.61. The van der Waals surface area contributed by atoms with Crippen LogP contribution in [0.4, 0.5) is 0 Å². The molecular formula is C25H33ClN2O4S. The summed E-state index contributed by atoms with van der Waals surface area (Å²) in [6.45, 7) is 2.86. The Bertz CT molecular complexity index is 971. The average molecular weight is 493 g/mol. The van der Waals surface area contributed by atoms with Gasteiger partial charge in [-0.1, -0.05) is 11.6 Å². The number of carboxylic acids is 1. The van der Waals surface area contributed by atoms with Crippen molar-refractivity contribution in [2.45, 2.75) is 49.9 Å². The van der Waals surface area contributed by atoms with Crippen molar-refractivity contribution in [1.29, 1.82) is 0 Å². The summed E-state index contributed by atoms with van der Waals surface area (Å²) in [4.78, 5) is 18.3. The van der Waals surface area contributed by atoms with E-state index < -0.39 is 12.1 Å². The average Bonchev–Trinajstić information content (AvgIpc) is 3.62. The number of hydrogen-bond donors (Lipinski definition) is 2. The largest absolute Gasteiger partial charge is 0.497 e. The summed E-state index contributed by atoms with van der Waals surface area (Å²) < 4.78 is 5.34. The Morgan fingerprint density at radius 2 is 2.15 bits per heavy atom. The van der Waals surface area contributed by atoms with E-state index in [2.05, 4.69) is 21.6 Å². The number of carbonyl (C=O) groups is 1. The molecule has 2 aliphatic rings. The van der Waals surface area contributed by atoms with E-state index >= 15 is 0 Å². The number of carboxylic acid groups (broad SMARTS) is 1. The van der Waals surface area contributed by atoms with Gasteiger partial charge in [0.15, 0.2) is 0 Å². The number of benzene rings is 1. The smallest absolute Gasteiger partial charge is 0.303 e. The van der Waals surface area contributed by atoms with Gasteiger partial charge in [0.1, 0.15) is 5.75 Å². The van der Waals surface area contributed by atoms with E-state index in [4.69, 9.17) is 16.3 Å². The maximum Gasteiger partial charge on any atom is 0.303 e. The number of fused-ring (bicyclic) bond motifs is 1. The highest BCUT2D eigenvalue weighted by atomic mass is 35.5. The number of hydrogen-bond acceptors (Lipinski definition) is 6. The number of halogens is 1. The maximum absolute atomic E-state index is 11.5. The Hall–Kier alpha value is -1.54. The van der Waals surface area contributed by atoms with Crippen LogP contribution in [0.1, 0.15) is 50.2 Å². The Kier molecular flexibility index (Phi) is 8.38. The van der Waals surface area contributed by atoms with E-state index in [1.165, 1.54) is 12.8 Å². The Morgan fingerprint density at radius 1 is 1.33 bits per heavy atom. The van der Waals surface area contributed by atoms with Gasteiger partial charge in [0.2, 0.25) is 0 Å². The van der Waals surface area contributed by atoms with Gasteiger partial charge >= 0.3 is 5.97 Å². The fourth-order valence-electron chi connectivity index (χ4n) is 4.93. The van der Waals surface area contributed by atoms with E-state index in [9.17, 15) is 15.0 Å². The first-order chi connectivity index (χ1) is 15.9. The monoisotopic (exact) mass is 492 g/mol. The molecule has 1 aliphatic heterocycles. The molecule has 0 amide bonds. The van der Waals surface area contributed by atoms with Crippen LogP contribution in [0.5, 0.6) is 5.75 Å². The molecule has 180 valence electrons. The molecule has 2 aromatic rings. The number of rotatable bonds is 11. The van der Waals surface area contributed by atoms with E-state index in [0.717, 1.165) is 54.4 Å². The first kappa shape index (κ1) is 24.6. The normalized spacial score (nSPS) is 22.4. The number of aliphatic hydroxyl groups excluding tert-OH is 1. The molecule has 6 nitrogen and oxygen atoms in total. The molecular weight excluding hydrogens is 460 g/mol. The molecule has 3 atom stereocenters. The van der Waals surface area contributed by atoms with Gasteiger partial charge in [-0.05, 0) is 68.7 Å². The molecule has 1 aliphatic carbocycles. The van der Waals surface area contributed by atoms with Crippen molar-refractivity contribution in [3.63, 3.8) is 0 Å². The molecule has 8 heteroatoms. The maximum atomic E-state index is 11.5. The Balaban J connectivity index is 1.40. The minimum atomic E-state index is -0.742. The SMILES string of the molecule is COc1ccc2ncc(Cl)c(C(O)CCC3CCN(CCSC4CC4)CC3CC(=O)O)c2c1. The number of aromatic nitrogens is 1. The van der Waals surface area contributed by atoms with Gasteiger partial charge in [-0.2, -0.15) is 11.8 Å². The first-order valence-electron chi connectivity index (χ1n) is 11.8. The molecule has 33 heavy (non-hydrogen) atoms. The predicted octanol–water partition coefficient (Wildman–Crippen LogP) is 5.02. The minimum Gasteiger partial charge on any atom is -0.497 e. The summed E-state index contributed by atoms with van der Waals surface area (Å²) in [5, 5.41) is 22.7. The topological polar surface area (TPSA) is 82.9 Å². The van der Waals surface area contributed by atoms with Crippen LogP contribution in [-0.4, -0.2) is 63.8 Å². The number of piperidine rings is 1. The molecule has 0 radical (unpaired) electrons. The number of thioether (sulfide) groups is 1. The lowest BCUT2D eigenvalue weighted by atomic mass is 9.79. The molecule has 1 aromatic carbocycles. The summed E-state index contributed by atoms with van der Waals surface area (Å²) in [6, 6.07) is 5.56. The van der Waals surface area contributed by atoms with Crippen molar-refractivity contribution >= 4 is 40.2 Å². The third-order valence-electron chi connectivity index (χ3n) is 6.91. The van der Waals surface area contributed by atoms with Gasteiger partial charge in [0.05, 0.1) is 23.8 Å². The molecule has 1 saturated heterocycles. The van der Waals surface area contributed by atoms with Crippen molar-refractivity contribution in [2.75, 3.05) is 32.5 Å². The Morgan fingerprint density at radius 3 is 2.88 bits per heavy atom. The van der Waals surface area contributed by atoms with Crippen molar-refractivity contribution < 1.29 is 19.7 Å². The van der Waals surface area contributed by atoms with E-state index in [1.807, 2.05) is 18.2 Å². The molecule has 2 heterocycles. The van der Waals surface area contributed by atoms with Gasteiger partial charge in [0.25, 0.3) is 0 Å². The van der Waals surface area contributed by atoms with Crippen molar-refractivity contribution in [3.05, 3.63) is 35.0 Å². The quantitative estimate of drug-likeness (QED) is 0.455. The van der Waals surface area contributed by atoms with Crippen molar-refractivity contribution in [1.82, 2.24) is 9.88 Å². The van der Waals surface area contributed by atoms with Gasteiger partial charge in [-0.15, -0.1) is 0 Å². The number of pyridine rings is 1. The van der Waals surface area contributed by atoms with Crippen LogP contribution in [-0.2, 0) is 4.79 Å². The zero-order valence-electron chi connectivity index (χ0n) is 19.1. The number of likely N-dealkylation sites (tertiary alicyclic amines) is 1. The lowest BCUT2D eigenvalue weighted by molar-refractivity contribution is -0.139. The zero-order valence-corrected chi connectivity index (χ0v) is 20.7. The molecule has 1 aromatic heterocycles. The first-order valence-corrected chi connectivity index (χ1v) is 13.2. The number of aliphatic hydroxyl groups is 1. The van der Waals surface area contributed by atoms with Crippen LogP contribution in [0.15, 0.2) is 24.4 Å². The van der Waals surface area contributed by atoms with Gasteiger partial charge in [0, 0.05) is 47.7 Å². The van der Waals surface area contributed by atoms with Crippen LogP contribution in [0.3, 0.4) is 0 Å². The van der Waals surface area contributed by atoms with Crippen LogP contribution >= 0.6 is 23.4 Å². The van der Waals surface area contributed by atoms with Crippen LogP contribution in [0.2, 0.25) is 5.02 Å². The third-order valence-corrected chi connectivity index (χ3v) is 8.57. The highest BCUT2D eigenvalue weighted by molar-refractivity contribution is 8.00. The van der Waals surface area contributed by atoms with Crippen LogP contribution in [0.25, 0.3) is 10.9 Å². The molecule has 0 spiro atoms. The van der Waals surface area contributed by atoms with E-state index in [-0.39, 0.29) is 18.3 Å². The van der Waals surface area contributed by atoms with Gasteiger partial charge in [-0.3, -0.25) is 9.78 Å². The standard InChI is InChI=1S/C25H33ClN2O4S/c1-32-18-3-6-22-20(13-18)25(21(26)14-27-22)23(29)7-2-16-8-9-28(10-11-33-19-4-5-19)15-17(16)12-24(30)31/h3,6,13-14,16-17,19,23,29H,2,4-5,7-12,15H2,1H3,(H,30,31). The predicted molar refractivity (Wildman–Crippen MR) is 133 cm³/mol. The van der Waals surface area contributed by atoms with Gasteiger partial charge in [-0.25, -0.2) is 0 Å². The lowest BCUT2D eigenvalue weighted by Gasteiger charge is -2.38. The molecule has 2 fully saturated rings. The van der Waals surface area contributed by atoms with E-state index in [0.29, 0.717) is 22.8 Å². The highest BCUT2D eigenvalue weighted by Crippen LogP contribution is 2.38. The molecule has 1 saturated carbocycles. The number of aliphatic carboxylic acids is 1. The number of ether oxygens (including phenoxy) is 1. The summed E-state index contributed by atoms with van der Waals surface area (Å²) in [5.74, 6) is 1.47. The molecule has 2 N–H and O–H groups in total. The van der Waals surface area contributed by atoms with E-state index in [1.54, 1.807) is 13.3 Å². The van der Waals surface area contributed by atoms with Crippen LogP contribution in [0, 0.1) is 11.8 Å². The van der Waals surface area contributed by atoms with Crippen molar-refractivity contribution in [3.8, 4) is 5.75 Å². The Labute approximate surface area is 204 Å². The highest BCUT2D eigenvalue weighted by Gasteiger charge is 2.32. The van der Waals surface area contributed by atoms with Crippen LogP contribution < -0.4 is 4.74 Å². The third kappa shape index (κ3) is 6.53. The molecule has 4 rings (SSSR count).